The fraction of sp³-hybridized carbons (Fsp3) is 0.630. The zero-order valence-corrected chi connectivity index (χ0v) is 22.0. The second kappa shape index (κ2) is 10.6. The molecule has 1 unspecified atom stereocenters. The molecule has 2 aromatic rings. The number of alkyl halides is 2. The predicted octanol–water partition coefficient (Wildman–Crippen LogP) is 4.00. The number of likely N-dealkylation sites (tertiary alicyclic amines) is 2. The molecular formula is C27H35F2N5O2S. The van der Waals surface area contributed by atoms with E-state index < -0.39 is 5.92 Å². The molecule has 1 aromatic carbocycles. The van der Waals surface area contributed by atoms with Gasteiger partial charge in [0, 0.05) is 60.9 Å². The van der Waals surface area contributed by atoms with Crippen LogP contribution in [-0.2, 0) is 10.5 Å². The maximum atomic E-state index is 13.9. The second-order valence-electron chi connectivity index (χ2n) is 10.6. The number of benzene rings is 1. The maximum absolute atomic E-state index is 13.9. The molecule has 3 saturated heterocycles. The highest BCUT2D eigenvalue weighted by molar-refractivity contribution is 7.98. The van der Waals surface area contributed by atoms with E-state index in [4.69, 9.17) is 9.84 Å². The summed E-state index contributed by atoms with van der Waals surface area (Å²) in [7, 11) is 0. The fourth-order valence-corrected chi connectivity index (χ4v) is 7.20. The van der Waals surface area contributed by atoms with Crippen LogP contribution in [0.1, 0.15) is 47.8 Å². The van der Waals surface area contributed by atoms with Gasteiger partial charge in [0.05, 0.1) is 31.5 Å². The third-order valence-electron chi connectivity index (χ3n) is 8.05. The van der Waals surface area contributed by atoms with Crippen LogP contribution in [0.25, 0.3) is 11.3 Å². The van der Waals surface area contributed by atoms with E-state index in [2.05, 4.69) is 33.8 Å². The number of thioether (sulfide) groups is 1. The number of ether oxygens (including phenoxy) is 1. The Bertz CT molecular complexity index is 1140. The molecule has 4 aliphatic heterocycles. The third-order valence-corrected chi connectivity index (χ3v) is 9.15. The van der Waals surface area contributed by atoms with Crippen molar-refractivity contribution in [3.05, 3.63) is 35.5 Å². The summed E-state index contributed by atoms with van der Waals surface area (Å²) in [5.74, 6) is -1.83. The van der Waals surface area contributed by atoms with Gasteiger partial charge in [0.1, 0.15) is 0 Å². The molecule has 0 bridgehead atoms. The van der Waals surface area contributed by atoms with Crippen molar-refractivity contribution in [2.24, 2.45) is 0 Å². The first kappa shape index (κ1) is 25.3. The highest BCUT2D eigenvalue weighted by atomic mass is 32.2. The molecule has 0 N–H and O–H groups in total. The van der Waals surface area contributed by atoms with E-state index in [0.29, 0.717) is 45.0 Å². The Morgan fingerprint density at radius 1 is 1.08 bits per heavy atom. The zero-order valence-electron chi connectivity index (χ0n) is 21.2. The molecule has 3 fully saturated rings. The first-order valence-electron chi connectivity index (χ1n) is 13.5. The van der Waals surface area contributed by atoms with Gasteiger partial charge in [0.15, 0.2) is 5.69 Å². The summed E-state index contributed by atoms with van der Waals surface area (Å²) in [6, 6.07) is 8.54. The van der Waals surface area contributed by atoms with Gasteiger partial charge >= 0.3 is 0 Å². The van der Waals surface area contributed by atoms with Gasteiger partial charge in [0.2, 0.25) is 0 Å². The van der Waals surface area contributed by atoms with E-state index in [1.165, 1.54) is 4.90 Å². The summed E-state index contributed by atoms with van der Waals surface area (Å²) >= 11 is 1.77. The Kier molecular flexibility index (Phi) is 7.26. The first-order valence-corrected chi connectivity index (χ1v) is 14.5. The van der Waals surface area contributed by atoms with Gasteiger partial charge in [-0.1, -0.05) is 18.2 Å². The summed E-state index contributed by atoms with van der Waals surface area (Å²) in [6.07, 6.45) is 2.59. The molecule has 0 aliphatic carbocycles. The quantitative estimate of drug-likeness (QED) is 0.582. The molecule has 5 heterocycles. The number of piperidine rings is 2. The van der Waals surface area contributed by atoms with E-state index in [9.17, 15) is 13.6 Å². The first-order chi connectivity index (χ1) is 18.0. The number of nitrogens with zero attached hydrogens (tertiary/aromatic N) is 5. The van der Waals surface area contributed by atoms with Crippen molar-refractivity contribution in [1.82, 2.24) is 24.5 Å². The van der Waals surface area contributed by atoms with Crippen LogP contribution in [0.15, 0.2) is 29.2 Å². The lowest BCUT2D eigenvalue weighted by Gasteiger charge is -2.37. The third kappa shape index (κ3) is 5.30. The topological polar surface area (TPSA) is 53.8 Å². The Labute approximate surface area is 221 Å². The minimum absolute atomic E-state index is 0.00280. The molecule has 37 heavy (non-hydrogen) atoms. The molecule has 1 atom stereocenters. The summed E-state index contributed by atoms with van der Waals surface area (Å²) in [5, 5.41) is 5.03. The van der Waals surface area contributed by atoms with Crippen molar-refractivity contribution >= 4 is 17.7 Å². The van der Waals surface area contributed by atoms with E-state index in [1.807, 2.05) is 9.80 Å². The summed E-state index contributed by atoms with van der Waals surface area (Å²) in [5.41, 5.74) is 3.84. The molecule has 0 spiro atoms. The van der Waals surface area contributed by atoms with Crippen molar-refractivity contribution in [3.8, 4) is 11.3 Å². The van der Waals surface area contributed by atoms with E-state index in [0.717, 1.165) is 61.6 Å². The molecule has 7 nitrogen and oxygen atoms in total. The Morgan fingerprint density at radius 2 is 1.86 bits per heavy atom. The van der Waals surface area contributed by atoms with Crippen LogP contribution in [0.5, 0.6) is 0 Å². The Balaban J connectivity index is 1.25. The van der Waals surface area contributed by atoms with Crippen LogP contribution in [0.2, 0.25) is 0 Å². The van der Waals surface area contributed by atoms with Gasteiger partial charge < -0.3 is 9.64 Å². The molecule has 200 valence electrons. The average molecular weight is 532 g/mol. The van der Waals surface area contributed by atoms with Crippen molar-refractivity contribution in [2.45, 2.75) is 48.3 Å². The molecule has 6 rings (SSSR count). The van der Waals surface area contributed by atoms with Crippen molar-refractivity contribution < 1.29 is 18.3 Å². The number of rotatable bonds is 5. The standard InChI is InChI=1S/C27H35F2N5O2S/c28-27(29)8-4-10-32(19-27)12-11-31-9-3-5-20(17-31)34-25-21-6-1-2-7-23(21)37-18-22(25)24(30-34)26(35)33-13-15-36-16-14-33/h1-2,6-7,20H,3-5,8-19H2. The van der Waals surface area contributed by atoms with Crippen LogP contribution in [0.3, 0.4) is 0 Å². The number of carbonyl (C=O) groups excluding carboxylic acids is 1. The van der Waals surface area contributed by atoms with Gasteiger partial charge in [-0.05, 0) is 38.4 Å². The van der Waals surface area contributed by atoms with E-state index in [-0.39, 0.29) is 24.9 Å². The second-order valence-corrected chi connectivity index (χ2v) is 11.7. The maximum Gasteiger partial charge on any atom is 0.274 e. The molecule has 1 amide bonds. The number of aromatic nitrogens is 2. The van der Waals surface area contributed by atoms with Crippen molar-refractivity contribution in [1.29, 1.82) is 0 Å². The van der Waals surface area contributed by atoms with Gasteiger partial charge in [0.25, 0.3) is 11.8 Å². The minimum Gasteiger partial charge on any atom is -0.378 e. The number of halogens is 2. The number of carbonyl (C=O) groups is 1. The summed E-state index contributed by atoms with van der Waals surface area (Å²) in [6.45, 7) is 6.17. The predicted molar refractivity (Wildman–Crippen MR) is 139 cm³/mol. The largest absolute Gasteiger partial charge is 0.378 e. The number of hydrogen-bond acceptors (Lipinski definition) is 6. The molecule has 4 aliphatic rings. The van der Waals surface area contributed by atoms with Crippen molar-refractivity contribution in [2.75, 3.05) is 65.6 Å². The lowest BCUT2D eigenvalue weighted by atomic mass is 10.0. The van der Waals surface area contributed by atoms with Crippen LogP contribution in [0, 0.1) is 0 Å². The van der Waals surface area contributed by atoms with Crippen LogP contribution < -0.4 is 0 Å². The van der Waals surface area contributed by atoms with E-state index in [1.54, 1.807) is 11.8 Å². The SMILES string of the molecule is O=C(c1nn(C2CCCN(CCN3CCCC(F)(F)C3)C2)c2c1CSc1ccccc1-2)N1CCOCC1. The lowest BCUT2D eigenvalue weighted by Crippen LogP contribution is -2.47. The highest BCUT2D eigenvalue weighted by Gasteiger charge is 2.36. The monoisotopic (exact) mass is 531 g/mol. The lowest BCUT2D eigenvalue weighted by molar-refractivity contribution is -0.0656. The highest BCUT2D eigenvalue weighted by Crippen LogP contribution is 2.44. The normalized spacial score (nSPS) is 24.5. The zero-order chi connectivity index (χ0) is 25.4. The molecular weight excluding hydrogens is 496 g/mol. The van der Waals surface area contributed by atoms with Crippen molar-refractivity contribution in [3.63, 3.8) is 0 Å². The average Bonchev–Trinajstić information content (AvgIpc) is 3.32. The fourth-order valence-electron chi connectivity index (χ4n) is 6.14. The summed E-state index contributed by atoms with van der Waals surface area (Å²) in [4.78, 5) is 21.0. The number of hydrogen-bond donors (Lipinski definition) is 0. The van der Waals surface area contributed by atoms with E-state index >= 15 is 0 Å². The Morgan fingerprint density at radius 3 is 2.70 bits per heavy atom. The number of morpholine rings is 1. The van der Waals surface area contributed by atoms with Crippen LogP contribution in [0.4, 0.5) is 8.78 Å². The van der Waals surface area contributed by atoms with Crippen LogP contribution in [-0.4, -0.2) is 102 Å². The summed E-state index contributed by atoms with van der Waals surface area (Å²) < 4.78 is 35.3. The number of fused-ring (bicyclic) bond motifs is 3. The minimum atomic E-state index is -2.56. The smallest absolute Gasteiger partial charge is 0.274 e. The van der Waals surface area contributed by atoms with Gasteiger partial charge in [-0.2, -0.15) is 5.10 Å². The molecule has 0 saturated carbocycles. The number of amides is 1. The van der Waals surface area contributed by atoms with Crippen LogP contribution >= 0.6 is 11.8 Å². The van der Waals surface area contributed by atoms with Gasteiger partial charge in [-0.15, -0.1) is 11.8 Å². The van der Waals surface area contributed by atoms with Gasteiger partial charge in [-0.25, -0.2) is 8.78 Å². The Hall–Kier alpha value is -2.01. The van der Waals surface area contributed by atoms with Gasteiger partial charge in [-0.3, -0.25) is 19.3 Å². The molecule has 0 radical (unpaired) electrons. The molecule has 1 aromatic heterocycles. The molecule has 10 heteroatoms.